The zero-order chi connectivity index (χ0) is 16.7. The van der Waals surface area contributed by atoms with Crippen LogP contribution in [0, 0.1) is 0 Å². The molecule has 24 heavy (non-hydrogen) atoms. The van der Waals surface area contributed by atoms with E-state index in [0.717, 1.165) is 46.8 Å². The Labute approximate surface area is 145 Å². The van der Waals surface area contributed by atoms with Gasteiger partial charge in [0.2, 0.25) is 0 Å². The second-order valence-corrected chi connectivity index (χ2v) is 7.71. The quantitative estimate of drug-likeness (QED) is 0.555. The number of hydrogen-bond donors (Lipinski definition) is 1. The van der Waals surface area contributed by atoms with E-state index in [2.05, 4.69) is 4.98 Å². The Morgan fingerprint density at radius 1 is 1.46 bits per heavy atom. The van der Waals surface area contributed by atoms with Crippen molar-refractivity contribution in [2.45, 2.75) is 31.0 Å². The number of aromatic nitrogens is 2. The van der Waals surface area contributed by atoms with Crippen molar-refractivity contribution < 1.29 is 19.3 Å². The highest BCUT2D eigenvalue weighted by Crippen LogP contribution is 2.34. The zero-order valence-electron chi connectivity index (χ0n) is 12.7. The van der Waals surface area contributed by atoms with Crippen molar-refractivity contribution in [2.24, 2.45) is 0 Å². The Hall–Kier alpha value is -2.06. The molecular formula is C16H15N2O4S2+. The first-order chi connectivity index (χ1) is 11.6. The molecule has 0 aromatic carbocycles. The van der Waals surface area contributed by atoms with Crippen molar-refractivity contribution in [1.29, 1.82) is 0 Å². The maximum absolute atomic E-state index is 13.1. The lowest BCUT2D eigenvalue weighted by molar-refractivity contribution is -0.404. The van der Waals surface area contributed by atoms with Gasteiger partial charge in [0.05, 0.1) is 6.26 Å². The smallest absolute Gasteiger partial charge is 0.347 e. The van der Waals surface area contributed by atoms with Crippen LogP contribution in [0.4, 0.5) is 0 Å². The minimum atomic E-state index is -0.917. The predicted molar refractivity (Wildman–Crippen MR) is 90.8 cm³/mol. The lowest BCUT2D eigenvalue weighted by Crippen LogP contribution is -2.30. The van der Waals surface area contributed by atoms with E-state index in [0.29, 0.717) is 10.9 Å². The first kappa shape index (κ1) is 15.5. The lowest BCUT2D eigenvalue weighted by Gasteiger charge is -2.03. The molecule has 0 amide bonds. The van der Waals surface area contributed by atoms with Gasteiger partial charge in [-0.3, -0.25) is 4.79 Å². The molecule has 1 aliphatic rings. The van der Waals surface area contributed by atoms with Crippen LogP contribution in [0.15, 0.2) is 32.8 Å². The van der Waals surface area contributed by atoms with E-state index in [1.54, 1.807) is 34.3 Å². The van der Waals surface area contributed by atoms with Crippen LogP contribution in [0.5, 0.6) is 0 Å². The molecule has 0 bridgehead atoms. The molecule has 3 aromatic rings. The van der Waals surface area contributed by atoms with Crippen molar-refractivity contribution >= 4 is 39.3 Å². The summed E-state index contributed by atoms with van der Waals surface area (Å²) in [7, 11) is 0. The Morgan fingerprint density at radius 3 is 3.08 bits per heavy atom. The van der Waals surface area contributed by atoms with E-state index in [1.807, 2.05) is 0 Å². The van der Waals surface area contributed by atoms with Crippen LogP contribution >= 0.6 is 23.1 Å². The molecule has 8 heteroatoms. The van der Waals surface area contributed by atoms with Crippen molar-refractivity contribution in [3.05, 3.63) is 45.0 Å². The average molecular weight is 363 g/mol. The Kier molecular flexibility index (Phi) is 3.93. The Morgan fingerprint density at radius 2 is 2.33 bits per heavy atom. The monoisotopic (exact) mass is 363 g/mol. The van der Waals surface area contributed by atoms with E-state index in [1.165, 1.54) is 4.88 Å². The number of nitrogens with zero attached hydrogens (tertiary/aromatic N) is 1. The van der Waals surface area contributed by atoms with Gasteiger partial charge >= 0.3 is 16.7 Å². The van der Waals surface area contributed by atoms with E-state index in [9.17, 15) is 9.59 Å². The van der Waals surface area contributed by atoms with Gasteiger partial charge in [-0.15, -0.1) is 0 Å². The van der Waals surface area contributed by atoms with Crippen molar-refractivity contribution in [1.82, 2.24) is 4.57 Å². The number of aromatic amines is 1. The molecule has 124 valence electrons. The summed E-state index contributed by atoms with van der Waals surface area (Å²) in [5, 5.41) is 10.3. The highest BCUT2D eigenvalue weighted by atomic mass is 32.2. The van der Waals surface area contributed by atoms with Crippen molar-refractivity contribution in [3.63, 3.8) is 0 Å². The second kappa shape index (κ2) is 6.10. The Balaban J connectivity index is 1.87. The van der Waals surface area contributed by atoms with Crippen molar-refractivity contribution in [2.75, 3.05) is 5.75 Å². The van der Waals surface area contributed by atoms with E-state index in [4.69, 9.17) is 9.52 Å². The minimum absolute atomic E-state index is 0.0764. The Bertz CT molecular complexity index is 972. The van der Waals surface area contributed by atoms with E-state index >= 15 is 0 Å². The molecule has 0 saturated carbocycles. The molecule has 0 radical (unpaired) electrons. The predicted octanol–water partition coefficient (Wildman–Crippen LogP) is 2.18. The molecule has 1 aliphatic carbocycles. The fourth-order valence-electron chi connectivity index (χ4n) is 3.06. The number of fused-ring (bicyclic) bond motifs is 3. The third-order valence-electron chi connectivity index (χ3n) is 4.07. The fourth-order valence-corrected chi connectivity index (χ4v) is 5.14. The number of aliphatic carboxylic acids is 1. The molecule has 0 atom stereocenters. The summed E-state index contributed by atoms with van der Waals surface area (Å²) in [4.78, 5) is 29.4. The summed E-state index contributed by atoms with van der Waals surface area (Å²) >= 11 is 2.73. The number of aryl methyl sites for hydroxylation is 2. The largest absolute Gasteiger partial charge is 0.481 e. The first-order valence-corrected chi connectivity index (χ1v) is 9.41. The van der Waals surface area contributed by atoms with Crippen LogP contribution in [0.25, 0.3) is 10.2 Å². The normalized spacial score (nSPS) is 13.5. The summed E-state index contributed by atoms with van der Waals surface area (Å²) in [5.74, 6) is -0.363. The van der Waals surface area contributed by atoms with Gasteiger partial charge < -0.3 is 9.52 Å². The lowest BCUT2D eigenvalue weighted by atomic mass is 10.2. The number of thiophene rings is 1. The summed E-state index contributed by atoms with van der Waals surface area (Å²) < 4.78 is 6.95. The first-order valence-electron chi connectivity index (χ1n) is 7.61. The van der Waals surface area contributed by atoms with Gasteiger partial charge in [-0.05, 0) is 48.7 Å². The van der Waals surface area contributed by atoms with E-state index < -0.39 is 5.97 Å². The van der Waals surface area contributed by atoms with Gasteiger partial charge in [-0.1, -0.05) is 11.3 Å². The zero-order valence-corrected chi connectivity index (χ0v) is 14.3. The second-order valence-electron chi connectivity index (χ2n) is 5.64. The number of furan rings is 1. The molecule has 0 unspecified atom stereocenters. The number of nitrogens with one attached hydrogen (secondary N) is 1. The van der Waals surface area contributed by atoms with Crippen molar-refractivity contribution in [3.8, 4) is 0 Å². The van der Waals surface area contributed by atoms with Crippen LogP contribution < -0.4 is 10.5 Å². The molecule has 0 fully saturated rings. The molecule has 0 spiro atoms. The molecule has 3 aromatic heterocycles. The SMILES string of the molecule is O=C(O)CSc1[nH+]c2sc3c(c2c(=O)n1Cc1ccco1)CCC3. The van der Waals surface area contributed by atoms with Gasteiger partial charge in [0.15, 0.2) is 11.4 Å². The number of hydrogen-bond acceptors (Lipinski definition) is 5. The summed E-state index contributed by atoms with van der Waals surface area (Å²) in [6, 6.07) is 3.58. The number of carboxylic acid groups (broad SMARTS) is 1. The third-order valence-corrected chi connectivity index (χ3v) is 6.27. The summed E-state index contributed by atoms with van der Waals surface area (Å²) in [5.41, 5.74) is 1.08. The standard InChI is InChI=1S/C16H14N2O4S2/c19-12(20)8-23-16-17-14-13(10-4-1-5-11(10)24-14)15(21)18(16)7-9-3-2-6-22-9/h2-3,6H,1,4-5,7-8H2,(H,19,20)/p+1. The number of carbonyl (C=O) groups is 1. The molecule has 4 rings (SSSR count). The fraction of sp³-hybridized carbons (Fsp3) is 0.312. The van der Waals surface area contributed by atoms with Gasteiger partial charge in [-0.25, -0.2) is 9.78 Å². The van der Waals surface area contributed by atoms with Crippen LogP contribution in [-0.2, 0) is 24.2 Å². The number of thioether (sulfide) groups is 1. The van der Waals surface area contributed by atoms with Crippen LogP contribution in [0.1, 0.15) is 22.6 Å². The van der Waals surface area contributed by atoms with Gasteiger partial charge in [0.25, 0.3) is 0 Å². The summed E-state index contributed by atoms with van der Waals surface area (Å²) in [6.07, 6.45) is 4.59. The summed E-state index contributed by atoms with van der Waals surface area (Å²) in [6.45, 7) is 0.283. The minimum Gasteiger partial charge on any atom is -0.481 e. The van der Waals surface area contributed by atoms with Crippen LogP contribution in [-0.4, -0.2) is 21.4 Å². The van der Waals surface area contributed by atoms with E-state index in [-0.39, 0.29) is 17.9 Å². The maximum atomic E-state index is 13.1. The molecular weight excluding hydrogens is 348 g/mol. The van der Waals surface area contributed by atoms with Gasteiger partial charge in [-0.2, -0.15) is 4.57 Å². The average Bonchev–Trinajstić information content (AvgIpc) is 3.24. The number of rotatable bonds is 5. The molecule has 6 nitrogen and oxygen atoms in total. The number of carboxylic acids is 1. The van der Waals surface area contributed by atoms with Crippen LogP contribution in [0.3, 0.4) is 0 Å². The molecule has 2 N–H and O–H groups in total. The van der Waals surface area contributed by atoms with Gasteiger partial charge in [0, 0.05) is 4.88 Å². The third kappa shape index (κ3) is 2.65. The van der Waals surface area contributed by atoms with Crippen LogP contribution in [0.2, 0.25) is 0 Å². The maximum Gasteiger partial charge on any atom is 0.347 e. The highest BCUT2D eigenvalue weighted by Gasteiger charge is 2.28. The molecule has 3 heterocycles. The van der Waals surface area contributed by atoms with Gasteiger partial charge in [0.1, 0.15) is 16.9 Å². The number of H-pyrrole nitrogens is 1. The molecule has 0 saturated heterocycles. The topological polar surface area (TPSA) is 86.6 Å². The molecule has 0 aliphatic heterocycles. The highest BCUT2D eigenvalue weighted by molar-refractivity contribution is 7.99.